The number of rotatable bonds is 1. The molecular weight excluding hydrogens is 150 g/mol. The zero-order chi connectivity index (χ0) is 6.10. The summed E-state index contributed by atoms with van der Waals surface area (Å²) >= 11 is 0. The minimum atomic E-state index is 0. The predicted octanol–water partition coefficient (Wildman–Crippen LogP) is 0.807. The van der Waals surface area contributed by atoms with E-state index < -0.39 is 0 Å². The van der Waals surface area contributed by atoms with E-state index in [1.807, 2.05) is 0 Å². The summed E-state index contributed by atoms with van der Waals surface area (Å²) in [5.41, 5.74) is 0. The quantitative estimate of drug-likeness (QED) is 0.618. The molecule has 10 heavy (non-hydrogen) atoms. The predicted molar refractivity (Wildman–Crippen MR) is 42.6 cm³/mol. The minimum absolute atomic E-state index is 0. The highest BCUT2D eigenvalue weighted by atomic mass is 35.5. The van der Waals surface area contributed by atoms with Gasteiger partial charge in [-0.2, -0.15) is 0 Å². The van der Waals surface area contributed by atoms with Crippen molar-refractivity contribution < 1.29 is 4.74 Å². The fraction of sp³-hybridized carbons (Fsp3) is 1.00. The average Bonchev–Trinajstić information content (AvgIpc) is 2.71. The molecule has 0 aromatic carbocycles. The van der Waals surface area contributed by atoms with Crippen LogP contribution in [0.3, 0.4) is 0 Å². The molecule has 0 aromatic heterocycles. The molecular formula is C7H14ClNO. The van der Waals surface area contributed by atoms with Crippen molar-refractivity contribution in [3.8, 4) is 0 Å². The Morgan fingerprint density at radius 3 is 2.60 bits per heavy atom. The van der Waals surface area contributed by atoms with Crippen LogP contribution in [0.1, 0.15) is 12.8 Å². The number of hydrogen-bond donors (Lipinski definition) is 1. The van der Waals surface area contributed by atoms with Crippen LogP contribution < -0.4 is 5.32 Å². The molecule has 0 amide bonds. The van der Waals surface area contributed by atoms with Crippen molar-refractivity contribution in [2.75, 3.05) is 19.8 Å². The first-order valence-electron chi connectivity index (χ1n) is 3.78. The van der Waals surface area contributed by atoms with Gasteiger partial charge in [0.2, 0.25) is 0 Å². The van der Waals surface area contributed by atoms with E-state index >= 15 is 0 Å². The van der Waals surface area contributed by atoms with Crippen LogP contribution in [0, 0.1) is 5.92 Å². The third-order valence-corrected chi connectivity index (χ3v) is 2.14. The van der Waals surface area contributed by atoms with E-state index in [9.17, 15) is 0 Å². The zero-order valence-corrected chi connectivity index (χ0v) is 6.82. The lowest BCUT2D eigenvalue weighted by atomic mass is 10.2. The van der Waals surface area contributed by atoms with Crippen molar-refractivity contribution in [2.24, 2.45) is 5.92 Å². The van der Waals surface area contributed by atoms with Gasteiger partial charge in [-0.25, -0.2) is 0 Å². The summed E-state index contributed by atoms with van der Waals surface area (Å²) in [4.78, 5) is 0. The van der Waals surface area contributed by atoms with Gasteiger partial charge >= 0.3 is 0 Å². The number of morpholine rings is 1. The molecule has 0 aromatic rings. The van der Waals surface area contributed by atoms with Crippen molar-refractivity contribution in [3.63, 3.8) is 0 Å². The second-order valence-corrected chi connectivity index (χ2v) is 2.97. The highest BCUT2D eigenvalue weighted by molar-refractivity contribution is 5.85. The molecule has 1 N–H and O–H groups in total. The van der Waals surface area contributed by atoms with Crippen LogP contribution >= 0.6 is 12.4 Å². The van der Waals surface area contributed by atoms with Gasteiger partial charge in [-0.15, -0.1) is 12.4 Å². The summed E-state index contributed by atoms with van der Waals surface area (Å²) in [6, 6.07) is 0.693. The topological polar surface area (TPSA) is 21.3 Å². The fourth-order valence-electron chi connectivity index (χ4n) is 1.39. The SMILES string of the molecule is C1COC[C@@H](C2CC2)N1.Cl. The Labute approximate surface area is 67.7 Å². The van der Waals surface area contributed by atoms with Crippen molar-refractivity contribution in [2.45, 2.75) is 18.9 Å². The van der Waals surface area contributed by atoms with Gasteiger partial charge in [-0.05, 0) is 18.8 Å². The zero-order valence-electron chi connectivity index (χ0n) is 6.01. The summed E-state index contributed by atoms with van der Waals surface area (Å²) in [7, 11) is 0. The van der Waals surface area contributed by atoms with E-state index in [0.717, 1.165) is 25.7 Å². The molecule has 1 saturated carbocycles. The highest BCUT2D eigenvalue weighted by Gasteiger charge is 2.31. The second kappa shape index (κ2) is 3.56. The third-order valence-electron chi connectivity index (χ3n) is 2.14. The molecule has 2 aliphatic rings. The lowest BCUT2D eigenvalue weighted by molar-refractivity contribution is 0.0701. The molecule has 3 heteroatoms. The third kappa shape index (κ3) is 1.84. The highest BCUT2D eigenvalue weighted by Crippen LogP contribution is 2.33. The lowest BCUT2D eigenvalue weighted by Crippen LogP contribution is -2.42. The maximum Gasteiger partial charge on any atom is 0.0622 e. The second-order valence-electron chi connectivity index (χ2n) is 2.97. The molecule has 1 aliphatic carbocycles. The molecule has 2 nitrogen and oxygen atoms in total. The number of nitrogens with one attached hydrogen (secondary N) is 1. The normalized spacial score (nSPS) is 33.0. The van der Waals surface area contributed by atoms with Crippen LogP contribution in [0.2, 0.25) is 0 Å². The van der Waals surface area contributed by atoms with Gasteiger partial charge < -0.3 is 10.1 Å². The van der Waals surface area contributed by atoms with Gasteiger partial charge in [0.05, 0.1) is 13.2 Å². The molecule has 1 heterocycles. The van der Waals surface area contributed by atoms with Gasteiger partial charge in [0.1, 0.15) is 0 Å². The van der Waals surface area contributed by atoms with Crippen molar-refractivity contribution in [3.05, 3.63) is 0 Å². The van der Waals surface area contributed by atoms with Crippen LogP contribution in [0.5, 0.6) is 0 Å². The number of halogens is 1. The summed E-state index contributed by atoms with van der Waals surface area (Å²) in [5, 5.41) is 3.46. The molecule has 60 valence electrons. The Bertz CT molecular complexity index is 99.8. The first-order chi connectivity index (χ1) is 4.47. The average molecular weight is 164 g/mol. The molecule has 1 atom stereocenters. The van der Waals surface area contributed by atoms with E-state index in [4.69, 9.17) is 4.74 Å². The largest absolute Gasteiger partial charge is 0.379 e. The van der Waals surface area contributed by atoms with Gasteiger partial charge in [-0.1, -0.05) is 0 Å². The Morgan fingerprint density at radius 2 is 2.10 bits per heavy atom. The number of hydrogen-bond acceptors (Lipinski definition) is 2. The van der Waals surface area contributed by atoms with Crippen LogP contribution in [0.15, 0.2) is 0 Å². The van der Waals surface area contributed by atoms with E-state index in [1.165, 1.54) is 12.8 Å². The summed E-state index contributed by atoms with van der Waals surface area (Å²) < 4.78 is 5.32. The standard InChI is InChI=1S/C7H13NO.ClH/c1-2-6(1)7-5-9-4-3-8-7;/h6-8H,1-5H2;1H/t7-;/m0./s1. The van der Waals surface area contributed by atoms with Crippen LogP contribution in [0.4, 0.5) is 0 Å². The Balaban J connectivity index is 0.000000500. The van der Waals surface area contributed by atoms with Crippen LogP contribution in [-0.2, 0) is 4.74 Å². The van der Waals surface area contributed by atoms with Crippen molar-refractivity contribution >= 4 is 12.4 Å². The minimum Gasteiger partial charge on any atom is -0.379 e. The van der Waals surface area contributed by atoms with Crippen molar-refractivity contribution in [1.82, 2.24) is 5.32 Å². The van der Waals surface area contributed by atoms with Gasteiger partial charge in [0.15, 0.2) is 0 Å². The molecule has 0 unspecified atom stereocenters. The number of ether oxygens (including phenoxy) is 1. The molecule has 1 saturated heterocycles. The molecule has 2 rings (SSSR count). The first-order valence-corrected chi connectivity index (χ1v) is 3.78. The first kappa shape index (κ1) is 8.31. The van der Waals surface area contributed by atoms with Crippen LogP contribution in [0.25, 0.3) is 0 Å². The lowest BCUT2D eigenvalue weighted by Gasteiger charge is -2.23. The van der Waals surface area contributed by atoms with Crippen molar-refractivity contribution in [1.29, 1.82) is 0 Å². The molecule has 2 fully saturated rings. The molecule has 0 spiro atoms. The summed E-state index contributed by atoms with van der Waals surface area (Å²) in [6.45, 7) is 2.91. The monoisotopic (exact) mass is 163 g/mol. The molecule has 1 aliphatic heterocycles. The van der Waals surface area contributed by atoms with E-state index in [-0.39, 0.29) is 12.4 Å². The summed E-state index contributed by atoms with van der Waals surface area (Å²) in [6.07, 6.45) is 2.84. The molecule has 0 bridgehead atoms. The molecule has 0 radical (unpaired) electrons. The maximum absolute atomic E-state index is 5.32. The Morgan fingerprint density at radius 1 is 1.30 bits per heavy atom. The van der Waals surface area contributed by atoms with Gasteiger partial charge in [-0.3, -0.25) is 0 Å². The smallest absolute Gasteiger partial charge is 0.0622 e. The Kier molecular flexibility index (Phi) is 2.96. The van der Waals surface area contributed by atoms with E-state index in [2.05, 4.69) is 5.32 Å². The van der Waals surface area contributed by atoms with E-state index in [0.29, 0.717) is 6.04 Å². The summed E-state index contributed by atoms with van der Waals surface area (Å²) in [5.74, 6) is 0.949. The van der Waals surface area contributed by atoms with E-state index in [1.54, 1.807) is 0 Å². The van der Waals surface area contributed by atoms with Gasteiger partial charge in [0, 0.05) is 12.6 Å². The van der Waals surface area contributed by atoms with Gasteiger partial charge in [0.25, 0.3) is 0 Å². The maximum atomic E-state index is 5.32. The fourth-order valence-corrected chi connectivity index (χ4v) is 1.39. The van der Waals surface area contributed by atoms with Crippen LogP contribution in [-0.4, -0.2) is 25.8 Å². The Hall–Kier alpha value is 0.210.